The Balaban J connectivity index is 1.92. The van der Waals surface area contributed by atoms with E-state index in [0.717, 1.165) is 5.56 Å². The molecule has 0 radical (unpaired) electrons. The molecule has 0 amide bonds. The Labute approximate surface area is 111 Å². The molecule has 100 valence electrons. The number of aliphatic hydroxyl groups is 1. The molecule has 1 atom stereocenters. The average Bonchev–Trinajstić information content (AvgIpc) is 2.39. The summed E-state index contributed by atoms with van der Waals surface area (Å²) >= 11 is 0. The Morgan fingerprint density at radius 1 is 1.37 bits per heavy atom. The monoisotopic (exact) mass is 261 g/mol. The normalized spacial score (nSPS) is 12.2. The molecule has 0 aliphatic rings. The summed E-state index contributed by atoms with van der Waals surface area (Å²) in [4.78, 5) is 4.01. The lowest BCUT2D eigenvalue weighted by atomic mass is 10.1. The molecule has 1 heterocycles. The molecule has 19 heavy (non-hydrogen) atoms. The molecule has 2 rings (SSSR count). The van der Waals surface area contributed by atoms with Crippen molar-refractivity contribution in [2.45, 2.75) is 19.4 Å². The van der Waals surface area contributed by atoms with Crippen LogP contribution in [0.25, 0.3) is 0 Å². The number of halogens is 1. The lowest BCUT2D eigenvalue weighted by molar-refractivity contribution is 0.194. The summed E-state index contributed by atoms with van der Waals surface area (Å²) in [7, 11) is 0. The number of aromatic nitrogens is 1. The van der Waals surface area contributed by atoms with Gasteiger partial charge in [-0.05, 0) is 30.7 Å². The maximum Gasteiger partial charge on any atom is 0.132 e. The van der Waals surface area contributed by atoms with E-state index in [1.807, 2.05) is 12.1 Å². The smallest absolute Gasteiger partial charge is 0.132 e. The zero-order chi connectivity index (χ0) is 13.7. The van der Waals surface area contributed by atoms with Crippen LogP contribution in [0.1, 0.15) is 24.2 Å². The van der Waals surface area contributed by atoms with E-state index in [9.17, 15) is 9.50 Å². The fourth-order valence-electron chi connectivity index (χ4n) is 1.77. The summed E-state index contributed by atoms with van der Waals surface area (Å²) in [5, 5.41) is 9.33. The third-order valence-electron chi connectivity index (χ3n) is 2.80. The first-order valence-corrected chi connectivity index (χ1v) is 6.16. The Morgan fingerprint density at radius 3 is 2.84 bits per heavy atom. The highest BCUT2D eigenvalue weighted by Gasteiger charge is 2.08. The van der Waals surface area contributed by atoms with E-state index in [-0.39, 0.29) is 5.56 Å². The van der Waals surface area contributed by atoms with E-state index in [0.29, 0.717) is 18.8 Å². The summed E-state index contributed by atoms with van der Waals surface area (Å²) in [6.07, 6.45) is 3.40. The second-order valence-electron chi connectivity index (χ2n) is 4.32. The minimum Gasteiger partial charge on any atom is -0.493 e. The Hall–Kier alpha value is -1.94. The maximum atomic E-state index is 13.6. The van der Waals surface area contributed by atoms with Crippen molar-refractivity contribution in [3.8, 4) is 5.75 Å². The van der Waals surface area contributed by atoms with Crippen molar-refractivity contribution < 1.29 is 14.2 Å². The zero-order valence-corrected chi connectivity index (χ0v) is 10.7. The number of ether oxygens (including phenoxy) is 1. The summed E-state index contributed by atoms with van der Waals surface area (Å²) in [5.74, 6) is 0.0136. The number of benzene rings is 1. The van der Waals surface area contributed by atoms with Crippen LogP contribution in [0.15, 0.2) is 42.7 Å². The maximum absolute atomic E-state index is 13.6. The SMILES string of the molecule is C[C@@H](O)c1ccc(OCCc2cccnc2)cc1F. The van der Waals surface area contributed by atoms with Crippen LogP contribution in [0.3, 0.4) is 0 Å². The second-order valence-corrected chi connectivity index (χ2v) is 4.32. The van der Waals surface area contributed by atoms with Crippen molar-refractivity contribution in [2.75, 3.05) is 6.61 Å². The molecule has 0 saturated heterocycles. The lowest BCUT2D eigenvalue weighted by Gasteiger charge is -2.10. The minimum absolute atomic E-state index is 0.277. The molecule has 0 fully saturated rings. The van der Waals surface area contributed by atoms with E-state index < -0.39 is 11.9 Å². The molecule has 4 heteroatoms. The van der Waals surface area contributed by atoms with Gasteiger partial charge in [-0.15, -0.1) is 0 Å². The third-order valence-corrected chi connectivity index (χ3v) is 2.80. The molecule has 0 saturated carbocycles. The first-order chi connectivity index (χ1) is 9.16. The van der Waals surface area contributed by atoms with Crippen molar-refractivity contribution >= 4 is 0 Å². The van der Waals surface area contributed by atoms with Gasteiger partial charge in [-0.2, -0.15) is 0 Å². The number of pyridine rings is 1. The Bertz CT molecular complexity index is 529. The van der Waals surface area contributed by atoms with E-state index in [2.05, 4.69) is 4.98 Å². The highest BCUT2D eigenvalue weighted by atomic mass is 19.1. The molecular formula is C15H16FNO2. The van der Waals surface area contributed by atoms with Gasteiger partial charge in [-0.3, -0.25) is 4.98 Å². The number of rotatable bonds is 5. The molecule has 2 aromatic rings. The van der Waals surface area contributed by atoms with E-state index in [1.165, 1.54) is 13.0 Å². The fraction of sp³-hybridized carbons (Fsp3) is 0.267. The second kappa shape index (κ2) is 6.29. The predicted octanol–water partition coefficient (Wildman–Crippen LogP) is 2.90. The van der Waals surface area contributed by atoms with Gasteiger partial charge in [0, 0.05) is 30.4 Å². The highest BCUT2D eigenvalue weighted by Crippen LogP contribution is 2.21. The van der Waals surface area contributed by atoms with Crippen molar-refractivity contribution in [3.05, 3.63) is 59.7 Å². The molecule has 3 nitrogen and oxygen atoms in total. The summed E-state index contributed by atoms with van der Waals surface area (Å²) in [5.41, 5.74) is 1.35. The first-order valence-electron chi connectivity index (χ1n) is 6.16. The van der Waals surface area contributed by atoms with Crippen LogP contribution < -0.4 is 4.74 Å². The molecule has 0 unspecified atom stereocenters. The van der Waals surface area contributed by atoms with Crippen LogP contribution in [0.5, 0.6) is 5.75 Å². The quantitative estimate of drug-likeness (QED) is 0.899. The van der Waals surface area contributed by atoms with Crippen LogP contribution in [-0.2, 0) is 6.42 Å². The van der Waals surface area contributed by atoms with Gasteiger partial charge in [0.1, 0.15) is 11.6 Å². The van der Waals surface area contributed by atoms with Gasteiger partial charge >= 0.3 is 0 Å². The van der Waals surface area contributed by atoms with Crippen LogP contribution >= 0.6 is 0 Å². The van der Waals surface area contributed by atoms with E-state index in [1.54, 1.807) is 24.5 Å². The highest BCUT2D eigenvalue weighted by molar-refractivity contribution is 5.30. The number of hydrogen-bond acceptors (Lipinski definition) is 3. The van der Waals surface area contributed by atoms with Gasteiger partial charge in [0.15, 0.2) is 0 Å². The van der Waals surface area contributed by atoms with Crippen LogP contribution in [0.4, 0.5) is 4.39 Å². The van der Waals surface area contributed by atoms with Crippen LogP contribution in [0, 0.1) is 5.82 Å². The molecule has 0 aliphatic carbocycles. The summed E-state index contributed by atoms with van der Waals surface area (Å²) < 4.78 is 19.1. The van der Waals surface area contributed by atoms with E-state index >= 15 is 0 Å². The largest absolute Gasteiger partial charge is 0.493 e. The van der Waals surface area contributed by atoms with Crippen molar-refractivity contribution in [1.82, 2.24) is 4.98 Å². The van der Waals surface area contributed by atoms with Crippen LogP contribution in [0.2, 0.25) is 0 Å². The van der Waals surface area contributed by atoms with E-state index in [4.69, 9.17) is 4.74 Å². The Kier molecular flexibility index (Phi) is 4.47. The summed E-state index contributed by atoms with van der Waals surface area (Å²) in [6.45, 7) is 1.99. The van der Waals surface area contributed by atoms with Crippen molar-refractivity contribution in [3.63, 3.8) is 0 Å². The number of hydrogen-bond donors (Lipinski definition) is 1. The minimum atomic E-state index is -0.815. The van der Waals surface area contributed by atoms with Gasteiger partial charge in [0.05, 0.1) is 12.7 Å². The lowest BCUT2D eigenvalue weighted by Crippen LogP contribution is -2.03. The predicted molar refractivity (Wildman–Crippen MR) is 70.5 cm³/mol. The van der Waals surface area contributed by atoms with Gasteiger partial charge < -0.3 is 9.84 Å². The molecular weight excluding hydrogens is 245 g/mol. The molecule has 0 aliphatic heterocycles. The van der Waals surface area contributed by atoms with Crippen molar-refractivity contribution in [1.29, 1.82) is 0 Å². The third kappa shape index (κ3) is 3.76. The fourth-order valence-corrected chi connectivity index (χ4v) is 1.77. The van der Waals surface area contributed by atoms with Gasteiger partial charge in [-0.1, -0.05) is 6.07 Å². The van der Waals surface area contributed by atoms with Gasteiger partial charge in [0.2, 0.25) is 0 Å². The Morgan fingerprint density at radius 2 is 2.21 bits per heavy atom. The average molecular weight is 261 g/mol. The van der Waals surface area contributed by atoms with Crippen molar-refractivity contribution in [2.24, 2.45) is 0 Å². The zero-order valence-electron chi connectivity index (χ0n) is 10.7. The molecule has 1 N–H and O–H groups in total. The number of aliphatic hydroxyl groups excluding tert-OH is 1. The van der Waals surface area contributed by atoms with Crippen LogP contribution in [-0.4, -0.2) is 16.7 Å². The summed E-state index contributed by atoms with van der Waals surface area (Å²) in [6, 6.07) is 8.33. The van der Waals surface area contributed by atoms with Gasteiger partial charge in [-0.25, -0.2) is 4.39 Å². The standard InChI is InChI=1S/C15H16FNO2/c1-11(18)14-5-4-13(9-15(14)16)19-8-6-12-3-2-7-17-10-12/h2-5,7,9-11,18H,6,8H2,1H3/t11-/m1/s1. The number of nitrogens with zero attached hydrogens (tertiary/aromatic N) is 1. The topological polar surface area (TPSA) is 42.4 Å². The molecule has 1 aromatic carbocycles. The molecule has 1 aromatic heterocycles. The molecule has 0 spiro atoms. The first kappa shape index (κ1) is 13.5. The molecule has 0 bridgehead atoms. The van der Waals surface area contributed by atoms with Gasteiger partial charge in [0.25, 0.3) is 0 Å².